The quantitative estimate of drug-likeness (QED) is 0.230. The Labute approximate surface area is 164 Å². The van der Waals surface area contributed by atoms with Crippen molar-refractivity contribution >= 4 is 29.2 Å². The van der Waals surface area contributed by atoms with E-state index in [1.165, 1.54) is 0 Å². The Morgan fingerprint density at radius 2 is 1.38 bits per heavy atom. The van der Waals surface area contributed by atoms with E-state index in [1.54, 1.807) is 0 Å². The Hall–Kier alpha value is -1.30. The minimum Gasteiger partial charge on any atom is -0.355 e. The van der Waals surface area contributed by atoms with Crippen LogP contribution < -0.4 is 10.6 Å². The van der Waals surface area contributed by atoms with Crippen molar-refractivity contribution in [2.24, 2.45) is 4.99 Å². The summed E-state index contributed by atoms with van der Waals surface area (Å²) in [6, 6.07) is 0. The van der Waals surface area contributed by atoms with Gasteiger partial charge >= 0.3 is 0 Å². The zero-order valence-corrected chi connectivity index (χ0v) is 17.3. The van der Waals surface area contributed by atoms with Crippen LogP contribution in [0.3, 0.4) is 0 Å². The number of hydrogen-bond donors (Lipinski definition) is 2. The average molecular weight is 385 g/mol. The summed E-state index contributed by atoms with van der Waals surface area (Å²) in [7, 11) is 0. The van der Waals surface area contributed by atoms with E-state index in [2.05, 4.69) is 51.8 Å². The molecule has 0 fully saturated rings. The SMILES string of the molecule is CCCCCC(=O)NCCN(CCN=C=S)CCNC(=O)CCCCC. The summed E-state index contributed by atoms with van der Waals surface area (Å²) in [6.45, 7) is 8.26. The summed E-state index contributed by atoms with van der Waals surface area (Å²) in [6.07, 6.45) is 7.49. The van der Waals surface area contributed by atoms with E-state index in [0.29, 0.717) is 32.5 Å². The predicted molar refractivity (Wildman–Crippen MR) is 111 cm³/mol. The average Bonchev–Trinajstić information content (AvgIpc) is 2.62. The number of thiocarbonyl (C=S) groups is 1. The van der Waals surface area contributed by atoms with Crippen molar-refractivity contribution in [3.8, 4) is 0 Å². The molecule has 0 aliphatic rings. The first-order valence-electron chi connectivity index (χ1n) is 9.93. The van der Waals surface area contributed by atoms with Crippen molar-refractivity contribution in [2.75, 3.05) is 39.3 Å². The first-order valence-corrected chi connectivity index (χ1v) is 10.3. The lowest BCUT2D eigenvalue weighted by Crippen LogP contribution is -2.40. The van der Waals surface area contributed by atoms with E-state index in [-0.39, 0.29) is 11.8 Å². The third-order valence-electron chi connectivity index (χ3n) is 4.11. The second-order valence-electron chi connectivity index (χ2n) is 6.43. The molecule has 0 aromatic carbocycles. The van der Waals surface area contributed by atoms with E-state index < -0.39 is 0 Å². The molecule has 0 aliphatic heterocycles. The zero-order chi connectivity index (χ0) is 19.5. The van der Waals surface area contributed by atoms with Crippen molar-refractivity contribution < 1.29 is 9.59 Å². The molecule has 0 radical (unpaired) electrons. The predicted octanol–water partition coefficient (Wildman–Crippen LogP) is 2.78. The van der Waals surface area contributed by atoms with E-state index in [1.807, 2.05) is 0 Å². The molecule has 0 rings (SSSR count). The number of carbonyl (C=O) groups is 2. The van der Waals surface area contributed by atoms with Gasteiger partial charge in [-0.2, -0.15) is 0 Å². The number of nitrogens with zero attached hydrogens (tertiary/aromatic N) is 2. The van der Waals surface area contributed by atoms with Crippen LogP contribution in [0.15, 0.2) is 4.99 Å². The van der Waals surface area contributed by atoms with Crippen molar-refractivity contribution in [3.05, 3.63) is 0 Å². The van der Waals surface area contributed by atoms with Gasteiger partial charge in [0.15, 0.2) is 0 Å². The smallest absolute Gasteiger partial charge is 0.220 e. The molecular formula is C19H36N4O2S. The first-order chi connectivity index (χ1) is 12.6. The highest BCUT2D eigenvalue weighted by Gasteiger charge is 2.07. The van der Waals surface area contributed by atoms with Crippen LogP contribution in [0.5, 0.6) is 0 Å². The lowest BCUT2D eigenvalue weighted by Gasteiger charge is -2.21. The number of amides is 2. The first kappa shape index (κ1) is 24.7. The van der Waals surface area contributed by atoms with Crippen LogP contribution in [0, 0.1) is 0 Å². The molecule has 0 aromatic rings. The summed E-state index contributed by atoms with van der Waals surface area (Å²) in [5, 5.41) is 8.29. The minimum atomic E-state index is 0.111. The van der Waals surface area contributed by atoms with Crippen molar-refractivity contribution in [1.29, 1.82) is 0 Å². The normalized spacial score (nSPS) is 10.4. The monoisotopic (exact) mass is 384 g/mol. The van der Waals surface area contributed by atoms with Crippen LogP contribution in [0.2, 0.25) is 0 Å². The van der Waals surface area contributed by atoms with Crippen LogP contribution in [0.1, 0.15) is 65.2 Å². The number of isothiocyanates is 1. The fraction of sp³-hybridized carbons (Fsp3) is 0.842. The van der Waals surface area contributed by atoms with Gasteiger partial charge < -0.3 is 10.6 Å². The number of carbonyl (C=O) groups excluding carboxylic acids is 2. The molecular weight excluding hydrogens is 348 g/mol. The van der Waals surface area contributed by atoms with Gasteiger partial charge in [-0.1, -0.05) is 39.5 Å². The Morgan fingerprint density at radius 1 is 0.885 bits per heavy atom. The Balaban J connectivity index is 4.04. The van der Waals surface area contributed by atoms with Gasteiger partial charge in [0, 0.05) is 45.6 Å². The number of rotatable bonds is 17. The van der Waals surface area contributed by atoms with Crippen molar-refractivity contribution in [1.82, 2.24) is 15.5 Å². The maximum absolute atomic E-state index is 11.8. The molecule has 0 atom stereocenters. The number of aliphatic imine (C=N–C) groups is 1. The summed E-state index contributed by atoms with van der Waals surface area (Å²) in [5.41, 5.74) is 0. The van der Waals surface area contributed by atoms with E-state index >= 15 is 0 Å². The highest BCUT2D eigenvalue weighted by molar-refractivity contribution is 7.78. The second-order valence-corrected chi connectivity index (χ2v) is 6.61. The van der Waals surface area contributed by atoms with E-state index in [0.717, 1.165) is 58.2 Å². The van der Waals surface area contributed by atoms with Crippen molar-refractivity contribution in [3.63, 3.8) is 0 Å². The molecule has 0 bridgehead atoms. The molecule has 150 valence electrons. The van der Waals surface area contributed by atoms with Gasteiger partial charge in [-0.25, -0.2) is 4.99 Å². The molecule has 6 nitrogen and oxygen atoms in total. The number of hydrogen-bond acceptors (Lipinski definition) is 5. The summed E-state index contributed by atoms with van der Waals surface area (Å²) in [4.78, 5) is 29.6. The van der Waals surface area contributed by atoms with Crippen LogP contribution >= 0.6 is 12.2 Å². The molecule has 0 saturated carbocycles. The molecule has 0 unspecified atom stereocenters. The van der Waals surface area contributed by atoms with E-state index in [4.69, 9.17) is 0 Å². The molecule has 2 amide bonds. The van der Waals surface area contributed by atoms with Crippen LogP contribution in [-0.2, 0) is 9.59 Å². The fourth-order valence-corrected chi connectivity index (χ4v) is 2.62. The largest absolute Gasteiger partial charge is 0.355 e. The summed E-state index contributed by atoms with van der Waals surface area (Å²) >= 11 is 4.60. The maximum Gasteiger partial charge on any atom is 0.220 e. The molecule has 0 aromatic heterocycles. The van der Waals surface area contributed by atoms with Gasteiger partial charge in [0.25, 0.3) is 0 Å². The van der Waals surface area contributed by atoms with Gasteiger partial charge in [0.05, 0.1) is 11.7 Å². The Kier molecular flexibility index (Phi) is 17.6. The van der Waals surface area contributed by atoms with Gasteiger partial charge in [-0.3, -0.25) is 14.5 Å². The maximum atomic E-state index is 11.8. The topological polar surface area (TPSA) is 73.8 Å². The van der Waals surface area contributed by atoms with Crippen LogP contribution in [-0.4, -0.2) is 61.1 Å². The molecule has 0 spiro atoms. The Morgan fingerprint density at radius 3 is 1.81 bits per heavy atom. The lowest BCUT2D eigenvalue weighted by atomic mass is 10.2. The third-order valence-corrected chi connectivity index (χ3v) is 4.24. The summed E-state index contributed by atoms with van der Waals surface area (Å²) < 4.78 is 0. The third kappa shape index (κ3) is 16.2. The number of nitrogens with one attached hydrogen (secondary N) is 2. The highest BCUT2D eigenvalue weighted by atomic mass is 32.1. The van der Waals surface area contributed by atoms with Gasteiger partial charge in [-0.15, -0.1) is 0 Å². The molecule has 0 aliphatic carbocycles. The molecule has 26 heavy (non-hydrogen) atoms. The second kappa shape index (κ2) is 18.5. The van der Waals surface area contributed by atoms with Gasteiger partial charge in [0.2, 0.25) is 11.8 Å². The minimum absolute atomic E-state index is 0.111. The van der Waals surface area contributed by atoms with Crippen LogP contribution in [0.4, 0.5) is 0 Å². The lowest BCUT2D eigenvalue weighted by molar-refractivity contribution is -0.121. The van der Waals surface area contributed by atoms with Crippen LogP contribution in [0.25, 0.3) is 0 Å². The molecule has 7 heteroatoms. The van der Waals surface area contributed by atoms with Gasteiger partial charge in [0.1, 0.15) is 0 Å². The highest BCUT2D eigenvalue weighted by Crippen LogP contribution is 1.99. The summed E-state index contributed by atoms with van der Waals surface area (Å²) in [5.74, 6) is 0.221. The van der Waals surface area contributed by atoms with E-state index in [9.17, 15) is 9.59 Å². The molecule has 0 saturated heterocycles. The van der Waals surface area contributed by atoms with Gasteiger partial charge in [-0.05, 0) is 25.1 Å². The Bertz CT molecular complexity index is 398. The standard InChI is InChI=1S/C19H36N4O2S/c1-3-5-7-9-18(24)21-12-15-23(14-11-20-17-26)16-13-22-19(25)10-8-6-4-2/h3-16H2,1-2H3,(H,21,24)(H,22,25). The molecule has 2 N–H and O–H groups in total. The number of unbranched alkanes of at least 4 members (excludes halogenated alkanes) is 4. The zero-order valence-electron chi connectivity index (χ0n) is 16.5. The molecule has 0 heterocycles. The van der Waals surface area contributed by atoms with Crippen molar-refractivity contribution in [2.45, 2.75) is 65.2 Å². The fourth-order valence-electron chi connectivity index (χ4n) is 2.53.